The maximum absolute atomic E-state index is 12.0. The summed E-state index contributed by atoms with van der Waals surface area (Å²) < 4.78 is 1.54. The zero-order chi connectivity index (χ0) is 17.6. The van der Waals surface area contributed by atoms with Crippen molar-refractivity contribution < 1.29 is 9.59 Å². The van der Waals surface area contributed by atoms with Gasteiger partial charge in [0.1, 0.15) is 0 Å². The lowest BCUT2D eigenvalue weighted by molar-refractivity contribution is -0.117. The third-order valence-corrected chi connectivity index (χ3v) is 4.26. The number of imide groups is 1. The lowest BCUT2D eigenvalue weighted by Gasteiger charge is -2.05. The first-order valence-electron chi connectivity index (χ1n) is 7.51. The number of aromatic nitrogens is 4. The van der Waals surface area contributed by atoms with Crippen LogP contribution < -0.4 is 5.32 Å². The number of tetrazole rings is 1. The summed E-state index contributed by atoms with van der Waals surface area (Å²) in [6.07, 6.45) is 0. The number of para-hydroxylation sites is 1. The molecule has 0 radical (unpaired) electrons. The van der Waals surface area contributed by atoms with E-state index in [0.717, 1.165) is 23.0 Å². The number of aryl methyl sites for hydroxylation is 1. The second-order valence-electron chi connectivity index (χ2n) is 5.24. The standard InChI is InChI=1S/C17H15N5O2S/c1-12-7-9-13(10-8-12)16(24)18-15(23)11-25-17-19-20-21-22(17)14-5-3-2-4-6-14/h2-10H,11H2,1H3,(H,18,23,24). The highest BCUT2D eigenvalue weighted by Crippen LogP contribution is 2.17. The summed E-state index contributed by atoms with van der Waals surface area (Å²) in [5.74, 6) is -0.795. The summed E-state index contributed by atoms with van der Waals surface area (Å²) >= 11 is 1.16. The topological polar surface area (TPSA) is 89.8 Å². The van der Waals surface area contributed by atoms with Gasteiger partial charge in [0.25, 0.3) is 5.91 Å². The highest BCUT2D eigenvalue weighted by molar-refractivity contribution is 7.99. The van der Waals surface area contributed by atoms with Crippen molar-refractivity contribution in [3.8, 4) is 5.69 Å². The van der Waals surface area contributed by atoms with Gasteiger partial charge in [-0.1, -0.05) is 47.7 Å². The molecule has 7 nitrogen and oxygen atoms in total. The largest absolute Gasteiger partial charge is 0.292 e. The van der Waals surface area contributed by atoms with Crippen molar-refractivity contribution in [3.05, 3.63) is 65.7 Å². The first kappa shape index (κ1) is 16.8. The average Bonchev–Trinajstić information content (AvgIpc) is 3.10. The number of nitrogens with one attached hydrogen (secondary N) is 1. The van der Waals surface area contributed by atoms with Crippen molar-refractivity contribution in [2.45, 2.75) is 12.1 Å². The van der Waals surface area contributed by atoms with Gasteiger partial charge >= 0.3 is 0 Å². The number of benzene rings is 2. The van der Waals surface area contributed by atoms with E-state index in [1.54, 1.807) is 16.8 Å². The van der Waals surface area contributed by atoms with Crippen molar-refractivity contribution in [3.63, 3.8) is 0 Å². The summed E-state index contributed by atoms with van der Waals surface area (Å²) in [5, 5.41) is 14.3. The fourth-order valence-electron chi connectivity index (χ4n) is 2.07. The van der Waals surface area contributed by atoms with E-state index < -0.39 is 11.8 Å². The summed E-state index contributed by atoms with van der Waals surface area (Å²) in [7, 11) is 0. The number of thioether (sulfide) groups is 1. The second kappa shape index (κ2) is 7.71. The molecule has 3 rings (SSSR count). The van der Waals surface area contributed by atoms with Gasteiger partial charge in [-0.25, -0.2) is 0 Å². The van der Waals surface area contributed by atoms with Gasteiger partial charge < -0.3 is 0 Å². The van der Waals surface area contributed by atoms with Crippen LogP contribution >= 0.6 is 11.8 Å². The molecule has 0 bridgehead atoms. The maximum atomic E-state index is 12.0. The Morgan fingerprint density at radius 2 is 1.80 bits per heavy atom. The van der Waals surface area contributed by atoms with E-state index in [4.69, 9.17) is 0 Å². The molecule has 0 aliphatic carbocycles. The minimum Gasteiger partial charge on any atom is -0.292 e. The van der Waals surface area contributed by atoms with Crippen LogP contribution in [0.1, 0.15) is 15.9 Å². The van der Waals surface area contributed by atoms with E-state index in [1.807, 2.05) is 49.4 Å². The minimum atomic E-state index is -0.423. The quantitative estimate of drug-likeness (QED) is 0.706. The fraction of sp³-hybridized carbons (Fsp3) is 0.118. The Balaban J connectivity index is 1.59. The van der Waals surface area contributed by atoms with E-state index in [9.17, 15) is 9.59 Å². The third kappa shape index (κ3) is 4.30. The number of hydrogen-bond acceptors (Lipinski definition) is 6. The number of hydrogen-bond donors (Lipinski definition) is 1. The van der Waals surface area contributed by atoms with Gasteiger partial charge in [-0.3, -0.25) is 14.9 Å². The smallest absolute Gasteiger partial charge is 0.257 e. The fourth-order valence-corrected chi connectivity index (χ4v) is 2.76. The van der Waals surface area contributed by atoms with Crippen molar-refractivity contribution in [2.75, 3.05) is 5.75 Å². The molecule has 0 saturated carbocycles. The van der Waals surface area contributed by atoms with Crippen LogP contribution in [0.4, 0.5) is 0 Å². The molecular weight excluding hydrogens is 338 g/mol. The number of carbonyl (C=O) groups is 2. The first-order valence-corrected chi connectivity index (χ1v) is 8.49. The number of nitrogens with zero attached hydrogens (tertiary/aromatic N) is 4. The van der Waals surface area contributed by atoms with Crippen LogP contribution in [0.3, 0.4) is 0 Å². The molecule has 0 spiro atoms. The summed E-state index contributed by atoms with van der Waals surface area (Å²) in [6.45, 7) is 1.93. The normalized spacial score (nSPS) is 10.4. The lowest BCUT2D eigenvalue weighted by atomic mass is 10.1. The summed E-state index contributed by atoms with van der Waals surface area (Å²) in [6, 6.07) is 16.4. The van der Waals surface area contributed by atoms with Crippen molar-refractivity contribution in [1.82, 2.24) is 25.5 Å². The molecule has 25 heavy (non-hydrogen) atoms. The lowest BCUT2D eigenvalue weighted by Crippen LogP contribution is -2.31. The van der Waals surface area contributed by atoms with Gasteiger partial charge in [-0.2, -0.15) is 4.68 Å². The zero-order valence-corrected chi connectivity index (χ0v) is 14.2. The average molecular weight is 353 g/mol. The molecule has 1 aromatic heterocycles. The SMILES string of the molecule is Cc1ccc(C(=O)NC(=O)CSc2nnnn2-c2ccccc2)cc1. The van der Waals surface area contributed by atoms with Crippen LogP contribution in [0, 0.1) is 6.92 Å². The molecule has 2 aromatic carbocycles. The Morgan fingerprint density at radius 3 is 2.52 bits per heavy atom. The zero-order valence-electron chi connectivity index (χ0n) is 13.4. The molecule has 0 saturated heterocycles. The van der Waals surface area contributed by atoms with Crippen molar-refractivity contribution >= 4 is 23.6 Å². The predicted molar refractivity (Wildman–Crippen MR) is 93.5 cm³/mol. The van der Waals surface area contributed by atoms with Gasteiger partial charge in [-0.05, 0) is 41.6 Å². The third-order valence-electron chi connectivity index (χ3n) is 3.34. The maximum Gasteiger partial charge on any atom is 0.257 e. The number of amides is 2. The van der Waals surface area contributed by atoms with Crippen LogP contribution in [0.5, 0.6) is 0 Å². The summed E-state index contributed by atoms with van der Waals surface area (Å²) in [5.41, 5.74) is 2.29. The Labute approximate surface area is 148 Å². The van der Waals surface area contributed by atoms with Crippen LogP contribution in [0.2, 0.25) is 0 Å². The molecule has 126 valence electrons. The van der Waals surface area contributed by atoms with E-state index in [2.05, 4.69) is 20.8 Å². The first-order chi connectivity index (χ1) is 12.1. The van der Waals surface area contributed by atoms with Gasteiger partial charge in [0.05, 0.1) is 11.4 Å². The Bertz CT molecular complexity index is 878. The molecule has 0 fully saturated rings. The number of carbonyl (C=O) groups excluding carboxylic acids is 2. The highest BCUT2D eigenvalue weighted by atomic mass is 32.2. The molecule has 1 heterocycles. The molecular formula is C17H15N5O2S. The van der Waals surface area contributed by atoms with Crippen LogP contribution in [-0.4, -0.2) is 37.8 Å². The Hall–Kier alpha value is -3.00. The summed E-state index contributed by atoms with van der Waals surface area (Å²) in [4.78, 5) is 24.0. The van der Waals surface area contributed by atoms with E-state index in [0.29, 0.717) is 10.7 Å². The van der Waals surface area contributed by atoms with Crippen LogP contribution in [0.25, 0.3) is 5.69 Å². The Morgan fingerprint density at radius 1 is 1.08 bits per heavy atom. The predicted octanol–water partition coefficient (Wildman–Crippen LogP) is 2.02. The van der Waals surface area contributed by atoms with E-state index in [-0.39, 0.29) is 5.75 Å². The second-order valence-corrected chi connectivity index (χ2v) is 6.18. The monoisotopic (exact) mass is 353 g/mol. The molecule has 2 amide bonds. The molecule has 0 aliphatic rings. The van der Waals surface area contributed by atoms with Gasteiger partial charge in [-0.15, -0.1) is 5.10 Å². The van der Waals surface area contributed by atoms with Crippen molar-refractivity contribution in [2.24, 2.45) is 0 Å². The van der Waals surface area contributed by atoms with Gasteiger partial charge in [0.2, 0.25) is 11.1 Å². The molecule has 8 heteroatoms. The molecule has 0 unspecified atom stereocenters. The molecule has 1 N–H and O–H groups in total. The van der Waals surface area contributed by atoms with Crippen LogP contribution in [-0.2, 0) is 4.79 Å². The van der Waals surface area contributed by atoms with Crippen molar-refractivity contribution in [1.29, 1.82) is 0 Å². The van der Waals surface area contributed by atoms with E-state index >= 15 is 0 Å². The highest BCUT2D eigenvalue weighted by Gasteiger charge is 2.14. The Kier molecular flexibility index (Phi) is 5.20. The molecule has 0 atom stereocenters. The van der Waals surface area contributed by atoms with Gasteiger partial charge in [0.15, 0.2) is 0 Å². The molecule has 3 aromatic rings. The van der Waals surface area contributed by atoms with E-state index in [1.165, 1.54) is 0 Å². The van der Waals surface area contributed by atoms with Gasteiger partial charge in [0, 0.05) is 5.56 Å². The molecule has 0 aliphatic heterocycles. The number of rotatable bonds is 5. The van der Waals surface area contributed by atoms with Crippen LogP contribution in [0.15, 0.2) is 59.8 Å². The minimum absolute atomic E-state index is 0.0325.